The molecule has 0 heterocycles. The first-order chi connectivity index (χ1) is 9.19. The molecule has 1 fully saturated rings. The highest BCUT2D eigenvalue weighted by Crippen LogP contribution is 2.25. The molecule has 0 aromatic heterocycles. The number of benzene rings is 1. The van der Waals surface area contributed by atoms with Crippen molar-refractivity contribution in [3.8, 4) is 0 Å². The van der Waals surface area contributed by atoms with Crippen molar-refractivity contribution in [3.05, 3.63) is 29.8 Å². The number of nitrogens with two attached hydrogens (primary N) is 1. The number of carbonyl (C=O) groups is 1. The van der Waals surface area contributed by atoms with Crippen LogP contribution in [0.15, 0.2) is 24.3 Å². The minimum Gasteiger partial charge on any atom is -0.328 e. The van der Waals surface area contributed by atoms with Crippen molar-refractivity contribution in [2.45, 2.75) is 51.5 Å². The van der Waals surface area contributed by atoms with Crippen LogP contribution in [-0.4, -0.2) is 11.9 Å². The van der Waals surface area contributed by atoms with Gasteiger partial charge in [-0.25, -0.2) is 0 Å². The zero-order valence-corrected chi connectivity index (χ0v) is 11.7. The Kier molecular flexibility index (Phi) is 4.97. The Morgan fingerprint density at radius 1 is 1.32 bits per heavy atom. The number of nitrogens with one attached hydrogen (secondary N) is 1. The summed E-state index contributed by atoms with van der Waals surface area (Å²) in [5.41, 5.74) is 8.07. The molecule has 0 radical (unpaired) electrons. The van der Waals surface area contributed by atoms with Gasteiger partial charge in [-0.15, -0.1) is 0 Å². The van der Waals surface area contributed by atoms with Crippen LogP contribution < -0.4 is 11.1 Å². The number of rotatable bonds is 5. The van der Waals surface area contributed by atoms with Crippen molar-refractivity contribution < 1.29 is 4.79 Å². The predicted octanol–water partition coefficient (Wildman–Crippen LogP) is 3.10. The molecule has 1 aliphatic carbocycles. The van der Waals surface area contributed by atoms with Gasteiger partial charge in [0.25, 0.3) is 0 Å². The molecule has 1 aromatic rings. The minimum atomic E-state index is 0.0924. The predicted molar refractivity (Wildman–Crippen MR) is 79.0 cm³/mol. The maximum Gasteiger partial charge on any atom is 0.227 e. The molecule has 1 saturated carbocycles. The van der Waals surface area contributed by atoms with E-state index >= 15 is 0 Å². The number of hydrogen-bond donors (Lipinski definition) is 2. The third-order valence-electron chi connectivity index (χ3n) is 3.88. The van der Waals surface area contributed by atoms with Crippen molar-refractivity contribution in [1.82, 2.24) is 0 Å². The smallest absolute Gasteiger partial charge is 0.227 e. The highest BCUT2D eigenvalue weighted by atomic mass is 16.1. The van der Waals surface area contributed by atoms with Crippen LogP contribution in [-0.2, 0) is 11.2 Å². The lowest BCUT2D eigenvalue weighted by Crippen LogP contribution is -2.23. The summed E-state index contributed by atoms with van der Waals surface area (Å²) in [6.07, 6.45) is 6.24. The summed E-state index contributed by atoms with van der Waals surface area (Å²) < 4.78 is 0. The highest BCUT2D eigenvalue weighted by Gasteiger charge is 2.27. The fourth-order valence-corrected chi connectivity index (χ4v) is 2.63. The van der Waals surface area contributed by atoms with Gasteiger partial charge in [-0.05, 0) is 49.8 Å². The van der Waals surface area contributed by atoms with Crippen LogP contribution in [0.3, 0.4) is 0 Å². The van der Waals surface area contributed by atoms with Gasteiger partial charge in [-0.3, -0.25) is 4.79 Å². The lowest BCUT2D eigenvalue weighted by molar-refractivity contribution is -0.119. The van der Waals surface area contributed by atoms with Crippen LogP contribution in [0.5, 0.6) is 0 Å². The Balaban J connectivity index is 1.87. The normalized spacial score (nSPS) is 22.4. The topological polar surface area (TPSA) is 55.1 Å². The first-order valence-corrected chi connectivity index (χ1v) is 7.34. The summed E-state index contributed by atoms with van der Waals surface area (Å²) in [6, 6.07) is 8.40. The third-order valence-corrected chi connectivity index (χ3v) is 3.88. The van der Waals surface area contributed by atoms with Crippen LogP contribution in [0.1, 0.15) is 44.6 Å². The first-order valence-electron chi connectivity index (χ1n) is 7.34. The van der Waals surface area contributed by atoms with Crippen molar-refractivity contribution in [3.63, 3.8) is 0 Å². The van der Waals surface area contributed by atoms with E-state index in [4.69, 9.17) is 5.73 Å². The Morgan fingerprint density at radius 2 is 2.05 bits per heavy atom. The number of anilines is 1. The van der Waals surface area contributed by atoms with E-state index in [1.54, 1.807) is 0 Å². The van der Waals surface area contributed by atoms with Gasteiger partial charge in [-0.1, -0.05) is 25.5 Å². The number of amides is 1. The zero-order valence-electron chi connectivity index (χ0n) is 11.7. The maximum absolute atomic E-state index is 12.1. The van der Waals surface area contributed by atoms with E-state index in [1.807, 2.05) is 12.1 Å². The van der Waals surface area contributed by atoms with Gasteiger partial charge in [0.2, 0.25) is 5.91 Å². The lowest BCUT2D eigenvalue weighted by atomic mass is 10.1. The van der Waals surface area contributed by atoms with E-state index in [0.29, 0.717) is 0 Å². The molecule has 3 nitrogen and oxygen atoms in total. The fourth-order valence-electron chi connectivity index (χ4n) is 2.63. The van der Waals surface area contributed by atoms with Crippen LogP contribution >= 0.6 is 0 Å². The number of unbranched alkanes of at least 4 members (excludes halogenated alkanes) is 1. The van der Waals surface area contributed by atoms with E-state index in [-0.39, 0.29) is 17.9 Å². The molecule has 19 heavy (non-hydrogen) atoms. The van der Waals surface area contributed by atoms with Gasteiger partial charge in [0.15, 0.2) is 0 Å². The molecular formula is C16H24N2O. The second-order valence-corrected chi connectivity index (χ2v) is 5.56. The first kappa shape index (κ1) is 14.1. The Hall–Kier alpha value is -1.35. The van der Waals surface area contributed by atoms with Crippen LogP contribution in [0.2, 0.25) is 0 Å². The second kappa shape index (κ2) is 6.71. The minimum absolute atomic E-state index is 0.0924. The molecule has 1 aliphatic rings. The van der Waals surface area contributed by atoms with E-state index in [9.17, 15) is 4.79 Å². The molecule has 0 aliphatic heterocycles. The van der Waals surface area contributed by atoms with Crippen LogP contribution in [0.25, 0.3) is 0 Å². The molecule has 1 aromatic carbocycles. The summed E-state index contributed by atoms with van der Waals surface area (Å²) in [5.74, 6) is 0.212. The van der Waals surface area contributed by atoms with E-state index < -0.39 is 0 Å². The monoisotopic (exact) mass is 260 g/mol. The van der Waals surface area contributed by atoms with Crippen LogP contribution in [0.4, 0.5) is 5.69 Å². The second-order valence-electron chi connectivity index (χ2n) is 5.56. The van der Waals surface area contributed by atoms with Crippen molar-refractivity contribution >= 4 is 11.6 Å². The number of carbonyl (C=O) groups excluding carboxylic acids is 1. The molecule has 1 amide bonds. The van der Waals surface area contributed by atoms with Crippen LogP contribution in [0, 0.1) is 5.92 Å². The van der Waals surface area contributed by atoms with E-state index in [1.165, 1.54) is 18.4 Å². The Bertz CT molecular complexity index is 413. The van der Waals surface area contributed by atoms with Gasteiger partial charge < -0.3 is 11.1 Å². The average molecular weight is 260 g/mol. The molecule has 3 heteroatoms. The standard InChI is InChI=1S/C16H24N2O/c1-2-3-4-12-5-9-15(10-6-12)18-16(19)13-7-8-14(17)11-13/h5-6,9-10,13-14H,2-4,7-8,11,17H2,1H3,(H,18,19). The third kappa shape index (κ3) is 4.06. The highest BCUT2D eigenvalue weighted by molar-refractivity contribution is 5.92. The largest absolute Gasteiger partial charge is 0.328 e. The van der Waals surface area contributed by atoms with Crippen molar-refractivity contribution in [2.24, 2.45) is 11.7 Å². The fraction of sp³-hybridized carbons (Fsp3) is 0.562. The number of aryl methyl sites for hydroxylation is 1. The molecule has 104 valence electrons. The quantitative estimate of drug-likeness (QED) is 0.854. The summed E-state index contributed by atoms with van der Waals surface area (Å²) in [5, 5.41) is 2.99. The van der Waals surface area contributed by atoms with Gasteiger partial charge >= 0.3 is 0 Å². The summed E-state index contributed by atoms with van der Waals surface area (Å²) in [6.45, 7) is 2.20. The number of hydrogen-bond acceptors (Lipinski definition) is 2. The van der Waals surface area contributed by atoms with Crippen molar-refractivity contribution in [2.75, 3.05) is 5.32 Å². The average Bonchev–Trinajstić information content (AvgIpc) is 2.85. The van der Waals surface area contributed by atoms with Gasteiger partial charge in [0, 0.05) is 17.6 Å². The van der Waals surface area contributed by atoms with Gasteiger partial charge in [-0.2, -0.15) is 0 Å². The molecule has 2 rings (SSSR count). The summed E-state index contributed by atoms with van der Waals surface area (Å²) in [4.78, 5) is 12.1. The maximum atomic E-state index is 12.1. The molecule has 0 saturated heterocycles. The van der Waals surface area contributed by atoms with Gasteiger partial charge in [0.1, 0.15) is 0 Å². The molecule has 0 bridgehead atoms. The van der Waals surface area contributed by atoms with E-state index in [2.05, 4.69) is 24.4 Å². The SMILES string of the molecule is CCCCc1ccc(NC(=O)C2CCC(N)C2)cc1. The molecule has 2 atom stereocenters. The summed E-state index contributed by atoms with van der Waals surface area (Å²) in [7, 11) is 0. The van der Waals surface area contributed by atoms with Gasteiger partial charge in [0.05, 0.1) is 0 Å². The Labute approximate surface area is 115 Å². The molecule has 2 unspecified atom stereocenters. The lowest BCUT2D eigenvalue weighted by Gasteiger charge is -2.11. The molecule has 3 N–H and O–H groups in total. The Morgan fingerprint density at radius 3 is 2.63 bits per heavy atom. The van der Waals surface area contributed by atoms with Crippen molar-refractivity contribution in [1.29, 1.82) is 0 Å². The zero-order chi connectivity index (χ0) is 13.7. The molecular weight excluding hydrogens is 236 g/mol. The molecule has 0 spiro atoms. The van der Waals surface area contributed by atoms with E-state index in [0.717, 1.165) is 31.4 Å². The summed E-state index contributed by atoms with van der Waals surface area (Å²) >= 11 is 0.